The lowest BCUT2D eigenvalue weighted by atomic mass is 10.2. The molecular formula is C7H7ClF2N2O3S. The molecule has 0 fully saturated rings. The fourth-order valence-electron chi connectivity index (χ4n) is 1.03. The van der Waals surface area contributed by atoms with Crippen LogP contribution in [0.15, 0.2) is 11.1 Å². The summed E-state index contributed by atoms with van der Waals surface area (Å²) in [4.78, 5) is 3.34. The number of halogens is 3. The van der Waals surface area contributed by atoms with Crippen molar-refractivity contribution in [1.82, 2.24) is 4.98 Å². The van der Waals surface area contributed by atoms with Crippen LogP contribution in [0, 0.1) is 0 Å². The van der Waals surface area contributed by atoms with Gasteiger partial charge in [-0.3, -0.25) is 0 Å². The van der Waals surface area contributed by atoms with E-state index < -0.39 is 26.1 Å². The number of alkyl halides is 2. The van der Waals surface area contributed by atoms with Crippen LogP contribution in [0.25, 0.3) is 0 Å². The number of nitrogens with two attached hydrogens (primary N) is 1. The quantitative estimate of drug-likeness (QED) is 0.844. The highest BCUT2D eigenvalue weighted by Gasteiger charge is 2.25. The van der Waals surface area contributed by atoms with Gasteiger partial charge in [0.15, 0.2) is 5.03 Å². The van der Waals surface area contributed by atoms with Crippen molar-refractivity contribution in [2.75, 3.05) is 12.8 Å². The Balaban J connectivity index is 3.56. The molecule has 1 heterocycles. The number of aromatic nitrogens is 1. The maximum Gasteiger partial charge on any atom is 0.279 e. The normalized spacial score (nSPS) is 11.8. The van der Waals surface area contributed by atoms with Gasteiger partial charge in [0.1, 0.15) is 0 Å². The Morgan fingerprint density at radius 1 is 1.56 bits per heavy atom. The highest BCUT2D eigenvalue weighted by molar-refractivity contribution is 8.13. The van der Waals surface area contributed by atoms with Crippen LogP contribution in [0.1, 0.15) is 12.0 Å². The minimum absolute atomic E-state index is 0.193. The van der Waals surface area contributed by atoms with E-state index >= 15 is 0 Å². The van der Waals surface area contributed by atoms with Gasteiger partial charge in [0.2, 0.25) is 5.88 Å². The van der Waals surface area contributed by atoms with Crippen LogP contribution in [-0.4, -0.2) is 20.5 Å². The summed E-state index contributed by atoms with van der Waals surface area (Å²) < 4.78 is 51.7. The van der Waals surface area contributed by atoms with Gasteiger partial charge in [0, 0.05) is 10.7 Å². The van der Waals surface area contributed by atoms with Crippen LogP contribution >= 0.6 is 10.7 Å². The Bertz CT molecular complexity index is 507. The maximum absolute atomic E-state index is 12.5. The number of hydrogen-bond acceptors (Lipinski definition) is 5. The number of hydrogen-bond donors (Lipinski definition) is 1. The molecule has 0 aromatic carbocycles. The number of nitrogen functional groups attached to an aromatic ring is 1. The summed E-state index contributed by atoms with van der Waals surface area (Å²) in [5.74, 6) is -0.274. The maximum atomic E-state index is 12.5. The predicted molar refractivity (Wildman–Crippen MR) is 53.2 cm³/mol. The van der Waals surface area contributed by atoms with E-state index in [2.05, 4.69) is 9.72 Å². The zero-order valence-corrected chi connectivity index (χ0v) is 9.52. The summed E-state index contributed by atoms with van der Waals surface area (Å²) in [5.41, 5.74) is 4.28. The second kappa shape index (κ2) is 4.38. The van der Waals surface area contributed by atoms with Crippen molar-refractivity contribution < 1.29 is 21.9 Å². The first-order valence-corrected chi connectivity index (χ1v) is 6.15. The second-order valence-electron chi connectivity index (χ2n) is 2.72. The van der Waals surface area contributed by atoms with Crippen molar-refractivity contribution in [1.29, 1.82) is 0 Å². The SMILES string of the molecule is COc1nc(S(=O)(=O)Cl)c(C(F)F)cc1N. The van der Waals surface area contributed by atoms with E-state index in [4.69, 9.17) is 16.4 Å². The van der Waals surface area contributed by atoms with E-state index in [1.807, 2.05) is 0 Å². The molecule has 1 rings (SSSR count). The molecule has 1 aromatic heterocycles. The van der Waals surface area contributed by atoms with Crippen LogP contribution in [-0.2, 0) is 9.05 Å². The van der Waals surface area contributed by atoms with Crippen LogP contribution in [0.2, 0.25) is 0 Å². The molecule has 0 amide bonds. The van der Waals surface area contributed by atoms with Crippen LogP contribution in [0.3, 0.4) is 0 Å². The number of methoxy groups -OCH3 is 1. The van der Waals surface area contributed by atoms with Crippen molar-refractivity contribution >= 4 is 25.4 Å². The van der Waals surface area contributed by atoms with E-state index in [9.17, 15) is 17.2 Å². The Kier molecular flexibility index (Phi) is 3.54. The van der Waals surface area contributed by atoms with Gasteiger partial charge < -0.3 is 10.5 Å². The molecular weight excluding hydrogens is 266 g/mol. The topological polar surface area (TPSA) is 82.3 Å². The fourth-order valence-corrected chi connectivity index (χ4v) is 2.02. The minimum atomic E-state index is -4.38. The van der Waals surface area contributed by atoms with Gasteiger partial charge >= 0.3 is 0 Å². The van der Waals surface area contributed by atoms with Gasteiger partial charge in [0.05, 0.1) is 18.4 Å². The molecule has 0 saturated carbocycles. The van der Waals surface area contributed by atoms with Gasteiger partial charge in [-0.25, -0.2) is 17.2 Å². The molecule has 0 aliphatic carbocycles. The Morgan fingerprint density at radius 2 is 2.12 bits per heavy atom. The molecule has 5 nitrogen and oxygen atoms in total. The third-order valence-corrected chi connectivity index (χ3v) is 2.89. The summed E-state index contributed by atoms with van der Waals surface area (Å²) in [7, 11) is 1.76. The molecule has 0 aliphatic rings. The molecule has 90 valence electrons. The molecule has 16 heavy (non-hydrogen) atoms. The van der Waals surface area contributed by atoms with E-state index in [1.165, 1.54) is 7.11 Å². The van der Waals surface area contributed by atoms with Crippen molar-refractivity contribution in [3.8, 4) is 5.88 Å². The predicted octanol–water partition coefficient (Wildman–Crippen LogP) is 1.54. The second-order valence-corrected chi connectivity index (χ2v) is 5.20. The standard InChI is InChI=1S/C7H7ClF2N2O3S/c1-15-6-4(11)2-3(5(9)10)7(12-6)16(8,13)14/h2,5H,11H2,1H3. The van der Waals surface area contributed by atoms with Crippen LogP contribution in [0.5, 0.6) is 5.88 Å². The molecule has 9 heteroatoms. The van der Waals surface area contributed by atoms with Crippen molar-refractivity contribution in [2.24, 2.45) is 0 Å². The summed E-state index contributed by atoms with van der Waals surface area (Å²) in [5, 5.41) is -0.949. The van der Waals surface area contributed by atoms with Gasteiger partial charge in [0.25, 0.3) is 15.5 Å². The Morgan fingerprint density at radius 3 is 2.50 bits per heavy atom. The minimum Gasteiger partial charge on any atom is -0.479 e. The zero-order valence-electron chi connectivity index (χ0n) is 7.95. The lowest BCUT2D eigenvalue weighted by molar-refractivity contribution is 0.147. The molecule has 0 radical (unpaired) electrons. The van der Waals surface area contributed by atoms with E-state index in [1.54, 1.807) is 0 Å². The molecule has 0 unspecified atom stereocenters. The third kappa shape index (κ3) is 2.50. The number of nitrogens with zero attached hydrogens (tertiary/aromatic N) is 1. The summed E-state index contributed by atoms with van der Waals surface area (Å²) >= 11 is 0. The Hall–Kier alpha value is -1.15. The first-order chi connectivity index (χ1) is 7.27. The largest absolute Gasteiger partial charge is 0.479 e. The fraction of sp³-hybridized carbons (Fsp3) is 0.286. The summed E-state index contributed by atoms with van der Waals surface area (Å²) in [6.07, 6.45) is -3.05. The van der Waals surface area contributed by atoms with Gasteiger partial charge in [-0.15, -0.1) is 0 Å². The number of ether oxygens (including phenoxy) is 1. The van der Waals surface area contributed by atoms with Crippen molar-refractivity contribution in [3.63, 3.8) is 0 Å². The van der Waals surface area contributed by atoms with E-state index in [0.717, 1.165) is 6.07 Å². The molecule has 1 aromatic rings. The highest BCUT2D eigenvalue weighted by Crippen LogP contribution is 2.32. The highest BCUT2D eigenvalue weighted by atomic mass is 35.7. The van der Waals surface area contributed by atoms with Gasteiger partial charge in [-0.1, -0.05) is 0 Å². The monoisotopic (exact) mass is 272 g/mol. The number of pyridine rings is 1. The molecule has 0 spiro atoms. The average molecular weight is 273 g/mol. The van der Waals surface area contributed by atoms with Crippen LogP contribution in [0.4, 0.5) is 14.5 Å². The molecule has 0 atom stereocenters. The molecule has 0 bridgehead atoms. The van der Waals surface area contributed by atoms with Crippen molar-refractivity contribution in [3.05, 3.63) is 11.6 Å². The number of rotatable bonds is 3. The first-order valence-electron chi connectivity index (χ1n) is 3.84. The Labute approximate surface area is 94.6 Å². The smallest absolute Gasteiger partial charge is 0.279 e. The first kappa shape index (κ1) is 12.9. The van der Waals surface area contributed by atoms with Gasteiger partial charge in [-0.05, 0) is 6.07 Å². The zero-order chi connectivity index (χ0) is 12.5. The average Bonchev–Trinajstić information content (AvgIpc) is 2.15. The van der Waals surface area contributed by atoms with Gasteiger partial charge in [-0.2, -0.15) is 4.98 Å². The lowest BCUT2D eigenvalue weighted by Gasteiger charge is -2.09. The summed E-state index contributed by atoms with van der Waals surface area (Å²) in [6.45, 7) is 0. The van der Waals surface area contributed by atoms with Crippen molar-refractivity contribution in [2.45, 2.75) is 11.5 Å². The number of anilines is 1. The van der Waals surface area contributed by atoms with E-state index in [0.29, 0.717) is 0 Å². The lowest BCUT2D eigenvalue weighted by Crippen LogP contribution is -2.06. The molecule has 0 saturated heterocycles. The molecule has 0 aliphatic heterocycles. The van der Waals surface area contributed by atoms with Crippen LogP contribution < -0.4 is 10.5 Å². The molecule has 2 N–H and O–H groups in total. The summed E-state index contributed by atoms with van der Waals surface area (Å²) in [6, 6.07) is 0.770. The van der Waals surface area contributed by atoms with E-state index in [-0.39, 0.29) is 11.6 Å². The third-order valence-electron chi connectivity index (χ3n) is 1.67.